The molecule has 1 N–H and O–H groups in total. The van der Waals surface area contributed by atoms with Crippen LogP contribution in [0.15, 0.2) is 48.5 Å². The molecule has 23 heavy (non-hydrogen) atoms. The number of nitrogens with zero attached hydrogens (tertiary/aromatic N) is 2. The summed E-state index contributed by atoms with van der Waals surface area (Å²) in [5.74, 6) is 0.288. The van der Waals surface area contributed by atoms with Gasteiger partial charge in [-0.25, -0.2) is 4.68 Å². The van der Waals surface area contributed by atoms with Gasteiger partial charge < -0.3 is 5.11 Å². The summed E-state index contributed by atoms with van der Waals surface area (Å²) < 4.78 is 1.85. The summed E-state index contributed by atoms with van der Waals surface area (Å²) in [5.41, 5.74) is 5.85. The lowest BCUT2D eigenvalue weighted by Crippen LogP contribution is -2.00. The number of rotatable bonds is 4. The SMILES string of the molecule is CCCc1nn(-c2ccc(C)cc2)c(-c2ccc(C)cc2)c1O. The van der Waals surface area contributed by atoms with Crippen LogP contribution in [-0.2, 0) is 6.42 Å². The molecule has 0 bridgehead atoms. The number of hydrogen-bond acceptors (Lipinski definition) is 2. The Hall–Kier alpha value is -2.55. The molecule has 0 aliphatic rings. The van der Waals surface area contributed by atoms with Gasteiger partial charge in [0.05, 0.1) is 5.69 Å². The van der Waals surface area contributed by atoms with Gasteiger partial charge in [0, 0.05) is 5.56 Å². The standard InChI is InChI=1S/C20H22N2O/c1-4-5-18-20(23)19(16-10-6-14(2)7-11-16)22(21-18)17-12-8-15(3)9-13-17/h6-13,23H,4-5H2,1-3H3. The van der Waals surface area contributed by atoms with Crippen molar-refractivity contribution in [3.05, 3.63) is 65.4 Å². The monoisotopic (exact) mass is 306 g/mol. The van der Waals surface area contributed by atoms with Crippen molar-refractivity contribution in [3.8, 4) is 22.7 Å². The molecule has 3 heteroatoms. The van der Waals surface area contributed by atoms with Crippen LogP contribution in [0.1, 0.15) is 30.2 Å². The zero-order chi connectivity index (χ0) is 16.4. The fourth-order valence-corrected chi connectivity index (χ4v) is 2.70. The Morgan fingerprint density at radius 3 is 2.04 bits per heavy atom. The Kier molecular flexibility index (Phi) is 4.20. The quantitative estimate of drug-likeness (QED) is 0.751. The second-order valence-corrected chi connectivity index (χ2v) is 6.01. The Bertz CT molecular complexity index is 799. The molecule has 0 saturated heterocycles. The Morgan fingerprint density at radius 2 is 1.48 bits per heavy atom. The smallest absolute Gasteiger partial charge is 0.165 e. The highest BCUT2D eigenvalue weighted by Crippen LogP contribution is 2.35. The Balaban J connectivity index is 2.19. The van der Waals surface area contributed by atoms with Gasteiger partial charge >= 0.3 is 0 Å². The maximum absolute atomic E-state index is 10.7. The topological polar surface area (TPSA) is 38.0 Å². The third kappa shape index (κ3) is 3.00. The van der Waals surface area contributed by atoms with Crippen molar-refractivity contribution < 1.29 is 5.11 Å². The van der Waals surface area contributed by atoms with Gasteiger partial charge in [0.1, 0.15) is 11.4 Å². The number of benzene rings is 2. The van der Waals surface area contributed by atoms with Crippen molar-refractivity contribution in [3.63, 3.8) is 0 Å². The first-order valence-corrected chi connectivity index (χ1v) is 8.05. The molecule has 0 saturated carbocycles. The van der Waals surface area contributed by atoms with E-state index in [0.717, 1.165) is 35.5 Å². The molecule has 1 heterocycles. The van der Waals surface area contributed by atoms with E-state index in [-0.39, 0.29) is 5.75 Å². The Labute approximate surface area is 137 Å². The third-order valence-electron chi connectivity index (χ3n) is 4.02. The molecule has 2 aromatic carbocycles. The molecule has 0 amide bonds. The molecule has 1 aromatic heterocycles. The van der Waals surface area contributed by atoms with Crippen molar-refractivity contribution in [2.75, 3.05) is 0 Å². The van der Waals surface area contributed by atoms with Crippen molar-refractivity contribution in [2.24, 2.45) is 0 Å². The van der Waals surface area contributed by atoms with Gasteiger partial charge in [0.25, 0.3) is 0 Å². The highest BCUT2D eigenvalue weighted by Gasteiger charge is 2.19. The molecule has 3 rings (SSSR count). The average Bonchev–Trinajstić information content (AvgIpc) is 2.86. The molecule has 0 aliphatic carbocycles. The van der Waals surface area contributed by atoms with Crippen LogP contribution in [0.4, 0.5) is 0 Å². The van der Waals surface area contributed by atoms with E-state index < -0.39 is 0 Å². The van der Waals surface area contributed by atoms with Crippen LogP contribution >= 0.6 is 0 Å². The lowest BCUT2D eigenvalue weighted by molar-refractivity contribution is 0.469. The largest absolute Gasteiger partial charge is 0.504 e. The van der Waals surface area contributed by atoms with E-state index in [1.807, 2.05) is 28.9 Å². The molecule has 0 unspecified atom stereocenters. The maximum Gasteiger partial charge on any atom is 0.165 e. The lowest BCUT2D eigenvalue weighted by atomic mass is 10.1. The van der Waals surface area contributed by atoms with Crippen molar-refractivity contribution in [1.29, 1.82) is 0 Å². The van der Waals surface area contributed by atoms with Gasteiger partial charge in [-0.2, -0.15) is 5.10 Å². The van der Waals surface area contributed by atoms with Gasteiger partial charge in [-0.3, -0.25) is 0 Å². The van der Waals surface area contributed by atoms with E-state index in [2.05, 4.69) is 50.1 Å². The summed E-state index contributed by atoms with van der Waals surface area (Å²) >= 11 is 0. The summed E-state index contributed by atoms with van der Waals surface area (Å²) in [7, 11) is 0. The predicted molar refractivity (Wildman–Crippen MR) is 94.1 cm³/mol. The predicted octanol–water partition coefficient (Wildman–Crippen LogP) is 4.81. The molecular weight excluding hydrogens is 284 g/mol. The second kappa shape index (κ2) is 6.29. The highest BCUT2D eigenvalue weighted by atomic mass is 16.3. The molecule has 0 radical (unpaired) electrons. The first kappa shape index (κ1) is 15.3. The number of aromatic hydroxyl groups is 1. The number of aryl methyl sites for hydroxylation is 3. The minimum Gasteiger partial charge on any atom is -0.504 e. The zero-order valence-electron chi connectivity index (χ0n) is 13.9. The number of aromatic nitrogens is 2. The van der Waals surface area contributed by atoms with Gasteiger partial charge in [-0.15, -0.1) is 0 Å². The summed E-state index contributed by atoms with van der Waals surface area (Å²) in [5, 5.41) is 15.4. The van der Waals surface area contributed by atoms with Crippen LogP contribution in [0.5, 0.6) is 5.75 Å². The second-order valence-electron chi connectivity index (χ2n) is 6.01. The number of hydrogen-bond donors (Lipinski definition) is 1. The molecule has 0 atom stereocenters. The lowest BCUT2D eigenvalue weighted by Gasteiger charge is -2.08. The fraction of sp³-hybridized carbons (Fsp3) is 0.250. The molecule has 118 valence electrons. The zero-order valence-corrected chi connectivity index (χ0v) is 13.9. The van der Waals surface area contributed by atoms with Gasteiger partial charge in [-0.1, -0.05) is 60.9 Å². The van der Waals surface area contributed by atoms with Gasteiger partial charge in [-0.05, 0) is 32.4 Å². The van der Waals surface area contributed by atoms with Crippen molar-refractivity contribution in [2.45, 2.75) is 33.6 Å². The highest BCUT2D eigenvalue weighted by molar-refractivity contribution is 5.70. The van der Waals surface area contributed by atoms with Crippen LogP contribution in [0.3, 0.4) is 0 Å². The van der Waals surface area contributed by atoms with Crippen LogP contribution < -0.4 is 0 Å². The fourth-order valence-electron chi connectivity index (χ4n) is 2.70. The summed E-state index contributed by atoms with van der Waals surface area (Å²) in [6.45, 7) is 6.22. The van der Waals surface area contributed by atoms with E-state index in [1.165, 1.54) is 11.1 Å². The summed E-state index contributed by atoms with van der Waals surface area (Å²) in [4.78, 5) is 0. The van der Waals surface area contributed by atoms with E-state index in [0.29, 0.717) is 0 Å². The Morgan fingerprint density at radius 1 is 0.913 bits per heavy atom. The van der Waals surface area contributed by atoms with Gasteiger partial charge in [0.2, 0.25) is 0 Å². The molecule has 0 fully saturated rings. The van der Waals surface area contributed by atoms with E-state index in [9.17, 15) is 5.11 Å². The molecule has 0 spiro atoms. The molecule has 0 aliphatic heterocycles. The minimum absolute atomic E-state index is 0.288. The van der Waals surface area contributed by atoms with E-state index in [1.54, 1.807) is 0 Å². The summed E-state index contributed by atoms with van der Waals surface area (Å²) in [6.07, 6.45) is 1.72. The minimum atomic E-state index is 0.288. The molecular formula is C20H22N2O. The average molecular weight is 306 g/mol. The van der Waals surface area contributed by atoms with E-state index >= 15 is 0 Å². The summed E-state index contributed by atoms with van der Waals surface area (Å²) in [6, 6.07) is 16.4. The van der Waals surface area contributed by atoms with Crippen molar-refractivity contribution in [1.82, 2.24) is 9.78 Å². The third-order valence-corrected chi connectivity index (χ3v) is 4.02. The normalized spacial score (nSPS) is 10.9. The van der Waals surface area contributed by atoms with Gasteiger partial charge in [0.15, 0.2) is 5.75 Å². The maximum atomic E-state index is 10.7. The molecule has 3 nitrogen and oxygen atoms in total. The van der Waals surface area contributed by atoms with Crippen LogP contribution in [0, 0.1) is 13.8 Å². The first-order chi connectivity index (χ1) is 11.1. The van der Waals surface area contributed by atoms with Crippen LogP contribution in [0.25, 0.3) is 16.9 Å². The van der Waals surface area contributed by atoms with Crippen LogP contribution in [-0.4, -0.2) is 14.9 Å². The molecule has 3 aromatic rings. The van der Waals surface area contributed by atoms with Crippen LogP contribution in [0.2, 0.25) is 0 Å². The van der Waals surface area contributed by atoms with Crippen molar-refractivity contribution >= 4 is 0 Å². The first-order valence-electron chi connectivity index (χ1n) is 8.05. The van der Waals surface area contributed by atoms with E-state index in [4.69, 9.17) is 0 Å².